The van der Waals surface area contributed by atoms with Crippen molar-refractivity contribution in [1.82, 2.24) is 0 Å². The Hall–Kier alpha value is -1.57. The largest absolute Gasteiger partial charge is 0.274 e. The Morgan fingerprint density at radius 3 is 2.69 bits per heavy atom. The van der Waals surface area contributed by atoms with Crippen LogP contribution in [0.15, 0.2) is 36.5 Å². The summed E-state index contributed by atoms with van der Waals surface area (Å²) in [7, 11) is 1.67. The van der Waals surface area contributed by atoms with E-state index in [1.54, 1.807) is 11.8 Å². The summed E-state index contributed by atoms with van der Waals surface area (Å²) in [5, 5.41) is 1.23. The van der Waals surface area contributed by atoms with Gasteiger partial charge in [-0.3, -0.25) is 4.84 Å². The summed E-state index contributed by atoms with van der Waals surface area (Å²) in [5.74, 6) is 0. The molecule has 2 nitrogen and oxygen atoms in total. The molecule has 0 saturated carbocycles. The van der Waals surface area contributed by atoms with Gasteiger partial charge >= 0.3 is 0 Å². The Balaban J connectivity index is 2.84. The second-order valence-corrected chi connectivity index (χ2v) is 3.02. The molecule has 0 aliphatic heterocycles. The van der Waals surface area contributed by atoms with Gasteiger partial charge in [-0.15, -0.1) is 0 Å². The van der Waals surface area contributed by atoms with Gasteiger partial charge in [0, 0.05) is 16.9 Å². The fraction of sp³-hybridized carbons (Fsp3) is 0.182. The maximum atomic E-state index is 5.20. The number of fused-ring (bicyclic) bond motifs is 1. The Labute approximate surface area is 77.3 Å². The molecule has 0 bridgehead atoms. The Kier molecular flexibility index (Phi) is 1.89. The Morgan fingerprint density at radius 1 is 1.15 bits per heavy atom. The smallest absolute Gasteiger partial charge is 0.264 e. The van der Waals surface area contributed by atoms with Crippen LogP contribution in [0.2, 0.25) is 0 Å². The third kappa shape index (κ3) is 1.24. The monoisotopic (exact) mass is 174 g/mol. The Morgan fingerprint density at radius 2 is 1.92 bits per heavy atom. The molecule has 1 heterocycles. The lowest BCUT2D eigenvalue weighted by Gasteiger charge is -1.99. The average molecular weight is 174 g/mol. The number of nitrogens with zero attached hydrogens (tertiary/aromatic N) is 1. The lowest BCUT2D eigenvalue weighted by atomic mass is 10.1. The van der Waals surface area contributed by atoms with Crippen molar-refractivity contribution in [3.05, 3.63) is 42.1 Å². The first-order valence-electron chi connectivity index (χ1n) is 4.27. The van der Waals surface area contributed by atoms with Crippen LogP contribution in [0.1, 0.15) is 5.56 Å². The van der Waals surface area contributed by atoms with E-state index >= 15 is 0 Å². The summed E-state index contributed by atoms with van der Waals surface area (Å²) in [6.45, 7) is 2.10. The fourth-order valence-electron chi connectivity index (χ4n) is 1.51. The van der Waals surface area contributed by atoms with Crippen LogP contribution < -0.4 is 9.57 Å². The first-order chi connectivity index (χ1) is 6.33. The van der Waals surface area contributed by atoms with E-state index in [0.29, 0.717) is 0 Å². The normalized spacial score (nSPS) is 10.3. The van der Waals surface area contributed by atoms with Crippen molar-refractivity contribution in [3.63, 3.8) is 0 Å². The highest BCUT2D eigenvalue weighted by atomic mass is 16.6. The van der Waals surface area contributed by atoms with E-state index < -0.39 is 0 Å². The van der Waals surface area contributed by atoms with E-state index in [-0.39, 0.29) is 0 Å². The zero-order valence-electron chi connectivity index (χ0n) is 7.82. The van der Waals surface area contributed by atoms with Gasteiger partial charge in [-0.25, -0.2) is 0 Å². The molecule has 13 heavy (non-hydrogen) atoms. The third-order valence-corrected chi connectivity index (χ3v) is 2.22. The second-order valence-electron chi connectivity index (χ2n) is 3.02. The van der Waals surface area contributed by atoms with Crippen LogP contribution in [0.25, 0.3) is 10.9 Å². The number of aryl methyl sites for hydroxylation is 1. The number of para-hydroxylation sites is 1. The summed E-state index contributed by atoms with van der Waals surface area (Å²) < 4.78 is 1.77. The van der Waals surface area contributed by atoms with Crippen LogP contribution in [0, 0.1) is 6.92 Å². The fourth-order valence-corrected chi connectivity index (χ4v) is 1.51. The van der Waals surface area contributed by atoms with Gasteiger partial charge < -0.3 is 0 Å². The van der Waals surface area contributed by atoms with Crippen LogP contribution in [0.4, 0.5) is 0 Å². The van der Waals surface area contributed by atoms with Gasteiger partial charge in [-0.2, -0.15) is 0 Å². The number of aromatic nitrogens is 1. The number of hydrogen-bond donors (Lipinski definition) is 0. The maximum absolute atomic E-state index is 5.20. The molecular formula is C11H12NO+. The molecule has 1 aromatic heterocycles. The number of rotatable bonds is 1. The van der Waals surface area contributed by atoms with E-state index in [1.165, 1.54) is 10.9 Å². The van der Waals surface area contributed by atoms with Crippen LogP contribution in [-0.4, -0.2) is 7.11 Å². The van der Waals surface area contributed by atoms with Crippen molar-refractivity contribution in [2.75, 3.05) is 7.11 Å². The van der Waals surface area contributed by atoms with Gasteiger partial charge in [0.2, 0.25) is 6.20 Å². The summed E-state index contributed by atoms with van der Waals surface area (Å²) >= 11 is 0. The minimum atomic E-state index is 1.10. The van der Waals surface area contributed by atoms with E-state index in [0.717, 1.165) is 5.52 Å². The zero-order valence-corrected chi connectivity index (χ0v) is 7.82. The molecule has 2 aromatic rings. The maximum Gasteiger partial charge on any atom is 0.264 e. The highest BCUT2D eigenvalue weighted by Gasteiger charge is 2.09. The van der Waals surface area contributed by atoms with Gasteiger partial charge in [0.1, 0.15) is 7.11 Å². The molecule has 2 rings (SSSR count). The van der Waals surface area contributed by atoms with Crippen LogP contribution >= 0.6 is 0 Å². The van der Waals surface area contributed by atoms with Gasteiger partial charge in [-0.05, 0) is 18.6 Å². The summed E-state index contributed by atoms with van der Waals surface area (Å²) in [5.41, 5.74) is 2.37. The quantitative estimate of drug-likeness (QED) is 0.597. The molecule has 2 heteroatoms. The van der Waals surface area contributed by atoms with Crippen molar-refractivity contribution in [1.29, 1.82) is 0 Å². The molecule has 0 aliphatic carbocycles. The van der Waals surface area contributed by atoms with Gasteiger partial charge in [-0.1, -0.05) is 12.1 Å². The minimum absolute atomic E-state index is 1.10. The molecule has 0 saturated heterocycles. The van der Waals surface area contributed by atoms with Crippen molar-refractivity contribution in [2.45, 2.75) is 6.92 Å². The lowest BCUT2D eigenvalue weighted by molar-refractivity contribution is -0.865. The Bertz CT molecular complexity index is 437. The molecule has 0 fully saturated rings. The number of hydrogen-bond acceptors (Lipinski definition) is 1. The summed E-state index contributed by atoms with van der Waals surface area (Å²) in [6, 6.07) is 10.2. The van der Waals surface area contributed by atoms with E-state index in [9.17, 15) is 0 Å². The molecule has 66 valence electrons. The SMILES string of the molecule is CO[n+]1ccc(C)c2ccccc21. The molecule has 1 aromatic carbocycles. The van der Waals surface area contributed by atoms with Crippen LogP contribution in [-0.2, 0) is 0 Å². The summed E-state index contributed by atoms with van der Waals surface area (Å²) in [4.78, 5) is 5.20. The molecule has 0 radical (unpaired) electrons. The van der Waals surface area contributed by atoms with Crippen molar-refractivity contribution >= 4 is 10.9 Å². The van der Waals surface area contributed by atoms with E-state index in [2.05, 4.69) is 13.0 Å². The van der Waals surface area contributed by atoms with Crippen LogP contribution in [0.3, 0.4) is 0 Å². The first-order valence-corrected chi connectivity index (χ1v) is 4.27. The molecular weight excluding hydrogens is 162 g/mol. The number of pyridine rings is 1. The van der Waals surface area contributed by atoms with E-state index in [1.807, 2.05) is 30.5 Å². The molecule has 0 aliphatic rings. The molecule has 0 spiro atoms. The standard InChI is InChI=1S/C11H12NO/c1-9-7-8-12(13-2)11-6-4-3-5-10(9)11/h3-8H,1-2H3/q+1. The second kappa shape index (κ2) is 3.05. The predicted molar refractivity (Wildman–Crippen MR) is 51.4 cm³/mol. The van der Waals surface area contributed by atoms with Crippen molar-refractivity contribution in [3.8, 4) is 0 Å². The van der Waals surface area contributed by atoms with Crippen molar-refractivity contribution in [2.24, 2.45) is 0 Å². The summed E-state index contributed by atoms with van der Waals surface area (Å²) in [6.07, 6.45) is 1.93. The highest BCUT2D eigenvalue weighted by molar-refractivity contribution is 5.78. The lowest BCUT2D eigenvalue weighted by Crippen LogP contribution is -2.40. The average Bonchev–Trinajstić information content (AvgIpc) is 2.19. The first kappa shape index (κ1) is 8.05. The number of benzene rings is 1. The molecule has 0 atom stereocenters. The van der Waals surface area contributed by atoms with Gasteiger partial charge in [0.15, 0.2) is 0 Å². The molecule has 0 unspecified atom stereocenters. The van der Waals surface area contributed by atoms with E-state index in [4.69, 9.17) is 4.84 Å². The van der Waals surface area contributed by atoms with Gasteiger partial charge in [0.05, 0.1) is 5.39 Å². The zero-order chi connectivity index (χ0) is 9.26. The highest BCUT2D eigenvalue weighted by Crippen LogP contribution is 2.12. The topological polar surface area (TPSA) is 13.1 Å². The van der Waals surface area contributed by atoms with Crippen molar-refractivity contribution < 1.29 is 9.57 Å². The predicted octanol–water partition coefficient (Wildman–Crippen LogP) is 1.49. The molecule has 0 N–H and O–H groups in total. The van der Waals surface area contributed by atoms with Crippen LogP contribution in [0.5, 0.6) is 0 Å². The minimum Gasteiger partial charge on any atom is -0.274 e. The van der Waals surface area contributed by atoms with Gasteiger partial charge in [0.25, 0.3) is 5.52 Å². The molecule has 0 amide bonds. The third-order valence-electron chi connectivity index (χ3n) is 2.22.